The molecule has 0 aliphatic carbocycles. The van der Waals surface area contributed by atoms with Crippen molar-refractivity contribution < 1.29 is 29.0 Å². The molecule has 2 aromatic carbocycles. The van der Waals surface area contributed by atoms with Gasteiger partial charge < -0.3 is 20.1 Å². The first kappa shape index (κ1) is 29.1. The third-order valence-corrected chi connectivity index (χ3v) is 7.69. The van der Waals surface area contributed by atoms with E-state index in [4.69, 9.17) is 4.74 Å². The molecule has 0 bridgehead atoms. The molecule has 2 heterocycles. The molecule has 214 valence electrons. The highest BCUT2D eigenvalue weighted by Gasteiger charge is 2.43. The lowest BCUT2D eigenvalue weighted by atomic mass is 9.90. The second-order valence-corrected chi connectivity index (χ2v) is 11.8. The largest absolute Gasteiger partial charge is 0.481 e. The lowest BCUT2D eigenvalue weighted by Gasteiger charge is -2.40. The van der Waals surface area contributed by atoms with E-state index in [1.165, 1.54) is 4.90 Å². The Kier molecular flexibility index (Phi) is 8.51. The Morgan fingerprint density at radius 3 is 2.25 bits per heavy atom. The molecule has 0 radical (unpaired) electrons. The van der Waals surface area contributed by atoms with Crippen molar-refractivity contribution in [3.63, 3.8) is 0 Å². The first-order valence-corrected chi connectivity index (χ1v) is 13.9. The van der Waals surface area contributed by atoms with Gasteiger partial charge in [0.2, 0.25) is 11.8 Å². The molecule has 4 atom stereocenters. The Labute approximate surface area is 235 Å². The molecule has 0 saturated carbocycles. The molecule has 4 rings (SSSR count). The molecule has 2 unspecified atom stereocenters. The zero-order valence-electron chi connectivity index (χ0n) is 23.8. The molecule has 2 aliphatic heterocycles. The summed E-state index contributed by atoms with van der Waals surface area (Å²) in [5.74, 6) is -1.98. The number of hydrogen-bond donors (Lipinski definition) is 2. The average molecular weight is 550 g/mol. The van der Waals surface area contributed by atoms with E-state index in [1.807, 2.05) is 50.2 Å². The van der Waals surface area contributed by atoms with E-state index in [9.17, 15) is 24.3 Å². The van der Waals surface area contributed by atoms with Crippen LogP contribution in [0.15, 0.2) is 48.5 Å². The second-order valence-electron chi connectivity index (χ2n) is 11.8. The second kappa shape index (κ2) is 11.7. The third kappa shape index (κ3) is 6.29. The highest BCUT2D eigenvalue weighted by molar-refractivity contribution is 6.02. The summed E-state index contributed by atoms with van der Waals surface area (Å²) >= 11 is 0. The van der Waals surface area contributed by atoms with Gasteiger partial charge in [-0.25, -0.2) is 4.79 Å². The van der Waals surface area contributed by atoms with Gasteiger partial charge in [-0.2, -0.15) is 0 Å². The van der Waals surface area contributed by atoms with E-state index >= 15 is 0 Å². The zero-order chi connectivity index (χ0) is 29.2. The van der Waals surface area contributed by atoms with Gasteiger partial charge in [-0.15, -0.1) is 0 Å². The molecule has 0 saturated heterocycles. The summed E-state index contributed by atoms with van der Waals surface area (Å²) in [4.78, 5) is 55.9. The number of fused-ring (bicyclic) bond motifs is 2. The molecule has 40 heavy (non-hydrogen) atoms. The summed E-state index contributed by atoms with van der Waals surface area (Å²) in [7, 11) is 0. The van der Waals surface area contributed by atoms with Gasteiger partial charge in [0.1, 0.15) is 17.7 Å². The van der Waals surface area contributed by atoms with Crippen LogP contribution in [0, 0.1) is 5.92 Å². The molecular weight excluding hydrogens is 510 g/mol. The van der Waals surface area contributed by atoms with Crippen molar-refractivity contribution in [3.05, 3.63) is 65.2 Å². The minimum atomic E-state index is -0.983. The maximum Gasteiger partial charge on any atom is 0.415 e. The van der Waals surface area contributed by atoms with Crippen molar-refractivity contribution in [2.75, 3.05) is 4.90 Å². The fourth-order valence-electron chi connectivity index (χ4n) is 5.47. The van der Waals surface area contributed by atoms with Crippen LogP contribution in [0.5, 0.6) is 0 Å². The van der Waals surface area contributed by atoms with E-state index < -0.39 is 41.7 Å². The predicted octanol–water partition coefficient (Wildman–Crippen LogP) is 4.31. The Morgan fingerprint density at radius 1 is 1.00 bits per heavy atom. The van der Waals surface area contributed by atoms with Crippen LogP contribution in [0.2, 0.25) is 0 Å². The van der Waals surface area contributed by atoms with E-state index in [-0.39, 0.29) is 24.8 Å². The number of hydrogen-bond acceptors (Lipinski definition) is 5. The summed E-state index contributed by atoms with van der Waals surface area (Å²) < 4.78 is 5.64. The van der Waals surface area contributed by atoms with E-state index in [1.54, 1.807) is 37.8 Å². The summed E-state index contributed by atoms with van der Waals surface area (Å²) in [6.07, 6.45) is 0.524. The molecule has 3 amide bonds. The van der Waals surface area contributed by atoms with Gasteiger partial charge in [-0.05, 0) is 55.9 Å². The number of nitrogens with zero attached hydrogens (tertiary/aromatic N) is 2. The maximum atomic E-state index is 14.1. The van der Waals surface area contributed by atoms with Crippen LogP contribution in [0.4, 0.5) is 10.5 Å². The van der Waals surface area contributed by atoms with Crippen molar-refractivity contribution in [1.29, 1.82) is 0 Å². The topological polar surface area (TPSA) is 116 Å². The van der Waals surface area contributed by atoms with Crippen molar-refractivity contribution in [2.45, 2.75) is 90.6 Å². The highest BCUT2D eigenvalue weighted by atomic mass is 16.6. The third-order valence-electron chi connectivity index (χ3n) is 7.69. The number of rotatable bonds is 7. The molecular formula is C31H39N3O6. The van der Waals surface area contributed by atoms with Crippen LogP contribution in [-0.4, -0.2) is 57.6 Å². The van der Waals surface area contributed by atoms with E-state index in [2.05, 4.69) is 5.32 Å². The highest BCUT2D eigenvalue weighted by Crippen LogP contribution is 2.34. The lowest BCUT2D eigenvalue weighted by Crippen LogP contribution is -2.59. The number of ether oxygens (including phenoxy) is 1. The van der Waals surface area contributed by atoms with Crippen LogP contribution in [-0.2, 0) is 38.5 Å². The van der Waals surface area contributed by atoms with Crippen molar-refractivity contribution in [1.82, 2.24) is 10.2 Å². The van der Waals surface area contributed by atoms with Gasteiger partial charge in [0.15, 0.2) is 0 Å². The Morgan fingerprint density at radius 2 is 1.62 bits per heavy atom. The first-order valence-electron chi connectivity index (χ1n) is 13.9. The van der Waals surface area contributed by atoms with Gasteiger partial charge in [0, 0.05) is 19.0 Å². The van der Waals surface area contributed by atoms with Crippen molar-refractivity contribution >= 4 is 29.6 Å². The average Bonchev–Trinajstić information content (AvgIpc) is 3.29. The number of benzene rings is 2. The van der Waals surface area contributed by atoms with Crippen molar-refractivity contribution in [3.8, 4) is 0 Å². The molecule has 9 nitrogen and oxygen atoms in total. The van der Waals surface area contributed by atoms with Crippen LogP contribution in [0.3, 0.4) is 0 Å². The molecule has 0 fully saturated rings. The van der Waals surface area contributed by atoms with Crippen LogP contribution < -0.4 is 10.2 Å². The maximum absolute atomic E-state index is 14.1. The number of carbonyl (C=O) groups is 4. The summed E-state index contributed by atoms with van der Waals surface area (Å²) in [6.45, 7) is 9.41. The molecule has 9 heteroatoms. The first-order chi connectivity index (χ1) is 18.9. The quantitative estimate of drug-likeness (QED) is 0.532. The molecule has 2 N–H and O–H groups in total. The number of para-hydroxylation sites is 1. The number of carboxylic acid groups (broad SMARTS) is 1. The molecule has 0 aromatic heterocycles. The lowest BCUT2D eigenvalue weighted by molar-refractivity contribution is -0.145. The molecule has 2 aromatic rings. The Balaban J connectivity index is 1.61. The normalized spacial score (nSPS) is 19.7. The fraction of sp³-hybridized carbons (Fsp3) is 0.484. The van der Waals surface area contributed by atoms with Crippen LogP contribution >= 0.6 is 0 Å². The van der Waals surface area contributed by atoms with Crippen molar-refractivity contribution in [2.24, 2.45) is 5.92 Å². The monoisotopic (exact) mass is 549 g/mol. The number of nitrogens with one attached hydrogen (secondary N) is 1. The fourth-order valence-corrected chi connectivity index (χ4v) is 5.47. The van der Waals surface area contributed by atoms with Gasteiger partial charge in [-0.3, -0.25) is 19.3 Å². The minimum absolute atomic E-state index is 0.189. The molecule has 0 spiro atoms. The minimum Gasteiger partial charge on any atom is -0.481 e. The summed E-state index contributed by atoms with van der Waals surface area (Å²) in [6, 6.07) is 12.7. The van der Waals surface area contributed by atoms with E-state index in [0.29, 0.717) is 24.9 Å². The summed E-state index contributed by atoms with van der Waals surface area (Å²) in [5, 5.41) is 12.5. The number of amides is 3. The summed E-state index contributed by atoms with van der Waals surface area (Å²) in [5.41, 5.74) is 2.69. The van der Waals surface area contributed by atoms with Gasteiger partial charge in [-0.1, -0.05) is 62.7 Å². The predicted molar refractivity (Wildman–Crippen MR) is 151 cm³/mol. The van der Waals surface area contributed by atoms with E-state index in [0.717, 1.165) is 16.7 Å². The number of carbonyl (C=O) groups excluding carboxylic acids is 3. The van der Waals surface area contributed by atoms with Gasteiger partial charge in [0.25, 0.3) is 0 Å². The zero-order valence-corrected chi connectivity index (χ0v) is 23.8. The van der Waals surface area contributed by atoms with Crippen LogP contribution in [0.25, 0.3) is 0 Å². The van der Waals surface area contributed by atoms with Crippen LogP contribution in [0.1, 0.15) is 64.2 Å². The standard InChI is InChI=1S/C31H39N3O6/c1-6-19(2)27(29(38)33-18-22-13-8-7-11-20(22)15-23(33)17-26(35)36)32-28(37)25-16-21-12-9-10-14-24(21)34(25)30(39)40-31(3,4)5/h7-14,19,23,25,27H,6,15-18H2,1-5H3,(H,32,37)(H,35,36)/t19?,23-,25-,27?/m1/s1. The number of carboxylic acids is 1. The Hall–Kier alpha value is -3.88. The molecule has 2 aliphatic rings. The van der Waals surface area contributed by atoms with Gasteiger partial charge in [0.05, 0.1) is 12.1 Å². The Bertz CT molecular complexity index is 1290. The van der Waals surface area contributed by atoms with Gasteiger partial charge >= 0.3 is 12.1 Å². The smallest absolute Gasteiger partial charge is 0.415 e. The number of anilines is 1. The number of aliphatic carboxylic acids is 1. The SMILES string of the molecule is CCC(C)C(NC(=O)[C@H]1Cc2ccccc2N1C(=O)OC(C)(C)C)C(=O)N1Cc2ccccc2C[C@@H]1CC(=O)O.